The molecule has 0 atom stereocenters. The minimum Gasteiger partial charge on any atom is -0.459 e. The molecule has 2 aromatic rings. The van der Waals surface area contributed by atoms with Gasteiger partial charge in [-0.2, -0.15) is 0 Å². The standard InChI is InChI=1S/C12H14BrNO/c1-3-14-7-11-6-9-5-10(13)4-8(2)12(9)15-11/h4-6,14H,3,7H2,1-2H3. The van der Waals surface area contributed by atoms with Gasteiger partial charge in [0.05, 0.1) is 6.54 Å². The summed E-state index contributed by atoms with van der Waals surface area (Å²) in [5.41, 5.74) is 2.16. The lowest BCUT2D eigenvalue weighted by molar-refractivity contribution is 0.518. The minimum atomic E-state index is 0.794. The quantitative estimate of drug-likeness (QED) is 0.919. The zero-order valence-electron chi connectivity index (χ0n) is 8.93. The van der Waals surface area contributed by atoms with Crippen LogP contribution in [0.15, 0.2) is 27.1 Å². The van der Waals surface area contributed by atoms with Gasteiger partial charge in [0.2, 0.25) is 0 Å². The van der Waals surface area contributed by atoms with Crippen molar-refractivity contribution in [1.82, 2.24) is 5.32 Å². The summed E-state index contributed by atoms with van der Waals surface area (Å²) in [6.07, 6.45) is 0. The highest BCUT2D eigenvalue weighted by atomic mass is 79.9. The molecule has 0 spiro atoms. The summed E-state index contributed by atoms with van der Waals surface area (Å²) in [7, 11) is 0. The zero-order chi connectivity index (χ0) is 10.8. The van der Waals surface area contributed by atoms with Crippen LogP contribution in [0.2, 0.25) is 0 Å². The second-order valence-corrected chi connectivity index (χ2v) is 4.55. The molecule has 1 N–H and O–H groups in total. The Labute approximate surface area is 97.8 Å². The summed E-state index contributed by atoms with van der Waals surface area (Å²) in [6.45, 7) is 5.90. The summed E-state index contributed by atoms with van der Waals surface area (Å²) in [6, 6.07) is 6.25. The number of rotatable bonds is 3. The Morgan fingerprint density at radius 1 is 1.33 bits per heavy atom. The molecule has 1 heterocycles. The van der Waals surface area contributed by atoms with Crippen LogP contribution in [0, 0.1) is 6.92 Å². The number of furan rings is 1. The molecule has 3 heteroatoms. The van der Waals surface area contributed by atoms with Gasteiger partial charge in [0.25, 0.3) is 0 Å². The molecule has 0 aliphatic heterocycles. The lowest BCUT2D eigenvalue weighted by Gasteiger charge is -1.96. The normalized spacial score (nSPS) is 11.1. The van der Waals surface area contributed by atoms with Crippen molar-refractivity contribution < 1.29 is 4.42 Å². The first kappa shape index (κ1) is 10.7. The molecule has 0 fully saturated rings. The van der Waals surface area contributed by atoms with E-state index in [1.807, 2.05) is 0 Å². The summed E-state index contributed by atoms with van der Waals surface area (Å²) >= 11 is 3.49. The van der Waals surface area contributed by atoms with E-state index in [9.17, 15) is 0 Å². The molecule has 1 aromatic carbocycles. The third kappa shape index (κ3) is 2.24. The molecule has 2 rings (SSSR count). The van der Waals surface area contributed by atoms with Gasteiger partial charge in [0.1, 0.15) is 11.3 Å². The van der Waals surface area contributed by atoms with Crippen LogP contribution in [0.25, 0.3) is 11.0 Å². The highest BCUT2D eigenvalue weighted by molar-refractivity contribution is 9.10. The van der Waals surface area contributed by atoms with Crippen LogP contribution < -0.4 is 5.32 Å². The molecular formula is C12H14BrNO. The van der Waals surface area contributed by atoms with E-state index >= 15 is 0 Å². The van der Waals surface area contributed by atoms with E-state index in [1.165, 1.54) is 5.56 Å². The van der Waals surface area contributed by atoms with E-state index in [0.717, 1.165) is 34.3 Å². The summed E-state index contributed by atoms with van der Waals surface area (Å²) < 4.78 is 6.87. The van der Waals surface area contributed by atoms with E-state index in [1.54, 1.807) is 0 Å². The zero-order valence-corrected chi connectivity index (χ0v) is 10.5. The van der Waals surface area contributed by atoms with Gasteiger partial charge in [-0.15, -0.1) is 0 Å². The van der Waals surface area contributed by atoms with Crippen LogP contribution in [-0.2, 0) is 6.54 Å². The van der Waals surface area contributed by atoms with Gasteiger partial charge in [-0.25, -0.2) is 0 Å². The van der Waals surface area contributed by atoms with Gasteiger partial charge in [-0.3, -0.25) is 0 Å². The average molecular weight is 268 g/mol. The number of hydrogen-bond donors (Lipinski definition) is 1. The number of aryl methyl sites for hydroxylation is 1. The Bertz CT molecular complexity index is 476. The molecule has 2 nitrogen and oxygen atoms in total. The van der Waals surface area contributed by atoms with Crippen LogP contribution in [0.5, 0.6) is 0 Å². The molecule has 0 saturated heterocycles. The fourth-order valence-electron chi connectivity index (χ4n) is 1.67. The lowest BCUT2D eigenvalue weighted by atomic mass is 10.2. The van der Waals surface area contributed by atoms with Crippen molar-refractivity contribution in [2.75, 3.05) is 6.54 Å². The van der Waals surface area contributed by atoms with Crippen molar-refractivity contribution in [2.45, 2.75) is 20.4 Å². The van der Waals surface area contributed by atoms with E-state index < -0.39 is 0 Å². The van der Waals surface area contributed by atoms with Crippen LogP contribution in [0.3, 0.4) is 0 Å². The van der Waals surface area contributed by atoms with Gasteiger partial charge >= 0.3 is 0 Å². The van der Waals surface area contributed by atoms with Crippen molar-refractivity contribution in [2.24, 2.45) is 0 Å². The summed E-state index contributed by atoms with van der Waals surface area (Å²) in [5, 5.41) is 4.42. The predicted molar refractivity (Wildman–Crippen MR) is 66.0 cm³/mol. The van der Waals surface area contributed by atoms with Gasteiger partial charge in [-0.1, -0.05) is 22.9 Å². The fraction of sp³-hybridized carbons (Fsp3) is 0.333. The molecular weight excluding hydrogens is 254 g/mol. The molecule has 0 aliphatic rings. The van der Waals surface area contributed by atoms with Crippen molar-refractivity contribution in [1.29, 1.82) is 0 Å². The molecule has 1 aromatic heterocycles. The Morgan fingerprint density at radius 3 is 2.87 bits per heavy atom. The average Bonchev–Trinajstić information content (AvgIpc) is 2.57. The van der Waals surface area contributed by atoms with Crippen LogP contribution in [0.4, 0.5) is 0 Å². The van der Waals surface area contributed by atoms with E-state index in [4.69, 9.17) is 4.42 Å². The minimum absolute atomic E-state index is 0.794. The molecule has 0 aliphatic carbocycles. The van der Waals surface area contributed by atoms with Gasteiger partial charge in [0.15, 0.2) is 0 Å². The highest BCUT2D eigenvalue weighted by Gasteiger charge is 2.06. The van der Waals surface area contributed by atoms with Crippen molar-refractivity contribution in [3.05, 3.63) is 34.0 Å². The Kier molecular flexibility index (Phi) is 3.12. The number of benzene rings is 1. The first-order chi connectivity index (χ1) is 7.20. The van der Waals surface area contributed by atoms with Crippen LogP contribution >= 0.6 is 15.9 Å². The first-order valence-electron chi connectivity index (χ1n) is 5.10. The summed E-state index contributed by atoms with van der Waals surface area (Å²) in [5.74, 6) is 0.994. The molecule has 80 valence electrons. The van der Waals surface area contributed by atoms with E-state index in [-0.39, 0.29) is 0 Å². The molecule has 0 unspecified atom stereocenters. The third-order valence-corrected chi connectivity index (χ3v) is 2.82. The van der Waals surface area contributed by atoms with Gasteiger partial charge < -0.3 is 9.73 Å². The predicted octanol–water partition coefficient (Wildman–Crippen LogP) is 3.61. The Hall–Kier alpha value is -0.800. The van der Waals surface area contributed by atoms with Gasteiger partial charge in [-0.05, 0) is 37.2 Å². The number of nitrogens with one attached hydrogen (secondary N) is 1. The van der Waals surface area contributed by atoms with Crippen molar-refractivity contribution >= 4 is 26.9 Å². The van der Waals surface area contributed by atoms with Crippen LogP contribution in [0.1, 0.15) is 18.2 Å². The monoisotopic (exact) mass is 267 g/mol. The smallest absolute Gasteiger partial charge is 0.137 e. The molecule has 0 amide bonds. The topological polar surface area (TPSA) is 25.2 Å². The lowest BCUT2D eigenvalue weighted by Crippen LogP contribution is -2.10. The maximum absolute atomic E-state index is 5.77. The maximum atomic E-state index is 5.77. The molecule has 0 saturated carbocycles. The van der Waals surface area contributed by atoms with E-state index in [0.29, 0.717) is 0 Å². The molecule has 0 bridgehead atoms. The highest BCUT2D eigenvalue weighted by Crippen LogP contribution is 2.26. The van der Waals surface area contributed by atoms with E-state index in [2.05, 4.69) is 53.3 Å². The SMILES string of the molecule is CCNCc1cc2cc(Br)cc(C)c2o1. The van der Waals surface area contributed by atoms with Crippen molar-refractivity contribution in [3.8, 4) is 0 Å². The maximum Gasteiger partial charge on any atom is 0.137 e. The number of halogens is 1. The number of hydrogen-bond acceptors (Lipinski definition) is 2. The fourth-order valence-corrected chi connectivity index (χ4v) is 2.26. The molecule has 0 radical (unpaired) electrons. The second-order valence-electron chi connectivity index (χ2n) is 3.63. The second kappa shape index (κ2) is 4.37. The Balaban J connectivity index is 2.41. The first-order valence-corrected chi connectivity index (χ1v) is 5.89. The third-order valence-electron chi connectivity index (χ3n) is 2.37. The largest absolute Gasteiger partial charge is 0.459 e. The summed E-state index contributed by atoms with van der Waals surface area (Å²) in [4.78, 5) is 0. The van der Waals surface area contributed by atoms with Gasteiger partial charge in [0, 0.05) is 9.86 Å². The van der Waals surface area contributed by atoms with Crippen molar-refractivity contribution in [3.63, 3.8) is 0 Å². The Morgan fingerprint density at radius 2 is 2.13 bits per heavy atom. The van der Waals surface area contributed by atoms with Crippen LogP contribution in [-0.4, -0.2) is 6.54 Å². The molecule has 15 heavy (non-hydrogen) atoms. The number of fused-ring (bicyclic) bond motifs is 1.